The fourth-order valence-corrected chi connectivity index (χ4v) is 4.08. The number of carbonyl (C=O) groups is 1. The maximum Gasteiger partial charge on any atom is 0.283 e. The van der Waals surface area contributed by atoms with Crippen LogP contribution in [0.5, 0.6) is 11.5 Å². The van der Waals surface area contributed by atoms with Gasteiger partial charge in [0.15, 0.2) is 5.17 Å². The highest BCUT2D eigenvalue weighted by Gasteiger charge is 2.30. The Balaban J connectivity index is 1.39. The zero-order valence-corrected chi connectivity index (χ0v) is 18.5. The molecule has 2 aromatic carbocycles. The van der Waals surface area contributed by atoms with Gasteiger partial charge < -0.3 is 9.47 Å². The molecule has 0 atom stereocenters. The minimum atomic E-state index is -0.410. The molecule has 8 heteroatoms. The van der Waals surface area contributed by atoms with Crippen molar-refractivity contribution in [3.63, 3.8) is 0 Å². The SMILES string of the molecule is Cc1ccc(OCCOc2ccc(/C=C3\C(=N)N4C=CSC4=NC3=O)cc2Br)cc1. The van der Waals surface area contributed by atoms with Crippen molar-refractivity contribution >= 4 is 50.7 Å². The molecule has 1 amide bonds. The van der Waals surface area contributed by atoms with Crippen LogP contribution >= 0.6 is 27.7 Å². The molecule has 0 spiro atoms. The molecule has 2 heterocycles. The molecule has 0 aromatic heterocycles. The number of amidine groups is 2. The van der Waals surface area contributed by atoms with Crippen LogP contribution in [-0.4, -0.2) is 35.0 Å². The number of halogens is 1. The lowest BCUT2D eigenvalue weighted by Gasteiger charge is -2.22. The van der Waals surface area contributed by atoms with E-state index in [1.165, 1.54) is 17.3 Å². The van der Waals surface area contributed by atoms with E-state index in [1.54, 1.807) is 22.6 Å². The first kappa shape index (κ1) is 20.4. The zero-order valence-electron chi connectivity index (χ0n) is 16.1. The van der Waals surface area contributed by atoms with Gasteiger partial charge in [0, 0.05) is 6.20 Å². The van der Waals surface area contributed by atoms with Crippen LogP contribution in [0.15, 0.2) is 69.1 Å². The van der Waals surface area contributed by atoms with Crippen molar-refractivity contribution in [3.05, 3.63) is 75.2 Å². The van der Waals surface area contributed by atoms with Crippen molar-refractivity contribution < 1.29 is 14.3 Å². The van der Waals surface area contributed by atoms with Gasteiger partial charge in [0.05, 0.1) is 10.0 Å². The molecule has 4 rings (SSSR count). The summed E-state index contributed by atoms with van der Waals surface area (Å²) >= 11 is 4.83. The number of amides is 1. The number of carbonyl (C=O) groups excluding carboxylic acids is 1. The first-order valence-corrected chi connectivity index (χ1v) is 10.9. The first-order chi connectivity index (χ1) is 14.5. The Kier molecular flexibility index (Phi) is 6.06. The van der Waals surface area contributed by atoms with Crippen molar-refractivity contribution in [2.45, 2.75) is 6.92 Å². The van der Waals surface area contributed by atoms with E-state index < -0.39 is 5.91 Å². The van der Waals surface area contributed by atoms with Crippen LogP contribution in [0.3, 0.4) is 0 Å². The highest BCUT2D eigenvalue weighted by atomic mass is 79.9. The van der Waals surface area contributed by atoms with E-state index in [4.69, 9.17) is 14.9 Å². The minimum absolute atomic E-state index is 0.121. The van der Waals surface area contributed by atoms with E-state index in [0.29, 0.717) is 24.1 Å². The highest BCUT2D eigenvalue weighted by Crippen LogP contribution is 2.30. The standard InChI is InChI=1S/C22H18BrN3O3S/c1-14-2-5-16(6-3-14)28-9-10-29-19-7-4-15(13-18(19)23)12-17-20(24)26-8-11-30-22(26)25-21(17)27/h2-8,11-13,24H,9-10H2,1H3/b17-12+,24-20?. The molecular formula is C22H18BrN3O3S. The summed E-state index contributed by atoms with van der Waals surface area (Å²) in [6.45, 7) is 2.85. The van der Waals surface area contributed by atoms with Gasteiger partial charge in [0.2, 0.25) is 0 Å². The minimum Gasteiger partial charge on any atom is -0.490 e. The zero-order chi connectivity index (χ0) is 21.1. The van der Waals surface area contributed by atoms with E-state index in [0.717, 1.165) is 15.8 Å². The van der Waals surface area contributed by atoms with Crippen LogP contribution in [-0.2, 0) is 4.79 Å². The molecule has 1 N–H and O–H groups in total. The number of aliphatic imine (C=N–C) groups is 1. The summed E-state index contributed by atoms with van der Waals surface area (Å²) < 4.78 is 12.2. The Morgan fingerprint density at radius 2 is 1.93 bits per heavy atom. The second kappa shape index (κ2) is 8.89. The highest BCUT2D eigenvalue weighted by molar-refractivity contribution is 9.10. The number of rotatable bonds is 6. The van der Waals surface area contributed by atoms with Gasteiger partial charge in [-0.25, -0.2) is 0 Å². The van der Waals surface area contributed by atoms with Gasteiger partial charge in [0.1, 0.15) is 30.5 Å². The van der Waals surface area contributed by atoms with Crippen molar-refractivity contribution in [2.75, 3.05) is 13.2 Å². The average Bonchev–Trinajstić information content (AvgIpc) is 3.19. The Bertz CT molecular complexity index is 1090. The number of nitrogens with zero attached hydrogens (tertiary/aromatic N) is 2. The molecule has 0 saturated heterocycles. The van der Waals surface area contributed by atoms with Gasteiger partial charge in [0.25, 0.3) is 5.91 Å². The van der Waals surface area contributed by atoms with Crippen LogP contribution < -0.4 is 9.47 Å². The van der Waals surface area contributed by atoms with Gasteiger partial charge in [-0.15, -0.1) is 0 Å². The Morgan fingerprint density at radius 3 is 2.70 bits per heavy atom. The molecule has 0 radical (unpaired) electrons. The molecule has 0 saturated carbocycles. The third-order valence-corrected chi connectivity index (χ3v) is 5.79. The summed E-state index contributed by atoms with van der Waals surface area (Å²) in [6, 6.07) is 13.4. The van der Waals surface area contributed by atoms with E-state index in [1.807, 2.05) is 49.4 Å². The second-order valence-electron chi connectivity index (χ2n) is 6.58. The molecule has 6 nitrogen and oxygen atoms in total. The van der Waals surface area contributed by atoms with Crippen LogP contribution in [0, 0.1) is 12.3 Å². The summed E-state index contributed by atoms with van der Waals surface area (Å²) in [5.41, 5.74) is 2.20. The maximum atomic E-state index is 12.3. The van der Waals surface area contributed by atoms with Gasteiger partial charge in [-0.2, -0.15) is 4.99 Å². The van der Waals surface area contributed by atoms with Crippen LogP contribution in [0.2, 0.25) is 0 Å². The van der Waals surface area contributed by atoms with Crippen LogP contribution in [0.1, 0.15) is 11.1 Å². The van der Waals surface area contributed by atoms with Crippen molar-refractivity contribution in [1.29, 1.82) is 5.41 Å². The molecule has 2 aliphatic rings. The number of ether oxygens (including phenoxy) is 2. The number of thioether (sulfide) groups is 1. The number of hydrogen-bond donors (Lipinski definition) is 1. The number of nitrogens with one attached hydrogen (secondary N) is 1. The number of benzene rings is 2. The predicted molar refractivity (Wildman–Crippen MR) is 123 cm³/mol. The summed E-state index contributed by atoms with van der Waals surface area (Å²) in [6.07, 6.45) is 3.40. The van der Waals surface area contributed by atoms with Crippen molar-refractivity contribution in [1.82, 2.24) is 4.90 Å². The number of aryl methyl sites for hydroxylation is 1. The molecule has 2 aliphatic heterocycles. The molecular weight excluding hydrogens is 466 g/mol. The average molecular weight is 484 g/mol. The molecule has 0 aliphatic carbocycles. The van der Waals surface area contributed by atoms with E-state index in [2.05, 4.69) is 20.9 Å². The van der Waals surface area contributed by atoms with Gasteiger partial charge >= 0.3 is 0 Å². The van der Waals surface area contributed by atoms with Gasteiger partial charge in [-0.1, -0.05) is 35.5 Å². The topological polar surface area (TPSA) is 75.0 Å². The first-order valence-electron chi connectivity index (χ1n) is 9.19. The van der Waals surface area contributed by atoms with E-state index in [9.17, 15) is 4.79 Å². The molecule has 0 bridgehead atoms. The van der Waals surface area contributed by atoms with Crippen LogP contribution in [0.25, 0.3) is 6.08 Å². The smallest absolute Gasteiger partial charge is 0.283 e. The molecule has 0 fully saturated rings. The largest absolute Gasteiger partial charge is 0.490 e. The van der Waals surface area contributed by atoms with E-state index in [-0.39, 0.29) is 11.4 Å². The van der Waals surface area contributed by atoms with E-state index >= 15 is 0 Å². The summed E-state index contributed by atoms with van der Waals surface area (Å²) in [4.78, 5) is 17.9. The third kappa shape index (κ3) is 4.49. The molecule has 2 aromatic rings. The Hall–Kier alpha value is -2.84. The Morgan fingerprint density at radius 1 is 1.17 bits per heavy atom. The number of hydrogen-bond acceptors (Lipinski definition) is 5. The monoisotopic (exact) mass is 483 g/mol. The second-order valence-corrected chi connectivity index (χ2v) is 8.31. The summed E-state index contributed by atoms with van der Waals surface area (Å²) in [7, 11) is 0. The number of fused-ring (bicyclic) bond motifs is 1. The maximum absolute atomic E-state index is 12.3. The molecule has 30 heavy (non-hydrogen) atoms. The molecule has 0 unspecified atom stereocenters. The predicted octanol–water partition coefficient (Wildman–Crippen LogP) is 4.99. The van der Waals surface area contributed by atoms with Gasteiger partial charge in [-0.3, -0.25) is 15.1 Å². The summed E-state index contributed by atoms with van der Waals surface area (Å²) in [5, 5.41) is 10.6. The van der Waals surface area contributed by atoms with Crippen LogP contribution in [0.4, 0.5) is 0 Å². The normalized spacial score (nSPS) is 16.7. The quantitative estimate of drug-likeness (QED) is 0.462. The van der Waals surface area contributed by atoms with Crippen molar-refractivity contribution in [3.8, 4) is 11.5 Å². The third-order valence-electron chi connectivity index (χ3n) is 4.41. The fourth-order valence-electron chi connectivity index (χ4n) is 2.87. The molecule has 152 valence electrons. The lowest BCUT2D eigenvalue weighted by Crippen LogP contribution is -2.35. The summed E-state index contributed by atoms with van der Waals surface area (Å²) in [5.74, 6) is 1.19. The lowest BCUT2D eigenvalue weighted by atomic mass is 10.1. The van der Waals surface area contributed by atoms with Gasteiger partial charge in [-0.05, 0) is 64.2 Å². The Labute approximate surface area is 186 Å². The van der Waals surface area contributed by atoms with Crippen molar-refractivity contribution in [2.24, 2.45) is 4.99 Å². The fraction of sp³-hybridized carbons (Fsp3) is 0.136. The lowest BCUT2D eigenvalue weighted by molar-refractivity contribution is -0.114.